The molecule has 2 aromatic rings. The summed E-state index contributed by atoms with van der Waals surface area (Å²) in [6.07, 6.45) is 1.49. The smallest absolute Gasteiger partial charge is 0.261 e. The summed E-state index contributed by atoms with van der Waals surface area (Å²) in [5, 5.41) is 1.85. The van der Waals surface area contributed by atoms with Crippen molar-refractivity contribution >= 4 is 22.9 Å². The highest BCUT2D eigenvalue weighted by Gasteiger charge is 2.23. The molecule has 1 aliphatic heterocycles. The third kappa shape index (κ3) is 1.76. The Morgan fingerprint density at radius 2 is 2.00 bits per heavy atom. The maximum Gasteiger partial charge on any atom is 0.261 e. The fourth-order valence-corrected chi connectivity index (χ4v) is 2.17. The van der Waals surface area contributed by atoms with Gasteiger partial charge < -0.3 is 9.47 Å². The predicted octanol–water partition coefficient (Wildman–Crippen LogP) is 1.94. The highest BCUT2D eigenvalue weighted by molar-refractivity contribution is 7.12. The summed E-state index contributed by atoms with van der Waals surface area (Å²) in [4.78, 5) is 27.6. The third-order valence-electron chi connectivity index (χ3n) is 2.47. The molecule has 0 amide bonds. The van der Waals surface area contributed by atoms with Gasteiger partial charge in [-0.2, -0.15) is 0 Å². The largest absolute Gasteiger partial charge is 0.454 e. The van der Waals surface area contributed by atoms with Crippen LogP contribution in [0.4, 0.5) is 0 Å². The van der Waals surface area contributed by atoms with Crippen molar-refractivity contribution in [3.05, 3.63) is 40.3 Å². The van der Waals surface area contributed by atoms with Crippen molar-refractivity contribution in [2.45, 2.75) is 0 Å². The molecule has 6 heteroatoms. The molecule has 2 heterocycles. The van der Waals surface area contributed by atoms with Crippen LogP contribution in [0.15, 0.2) is 29.8 Å². The van der Waals surface area contributed by atoms with Crippen LogP contribution in [0.1, 0.15) is 20.2 Å². The van der Waals surface area contributed by atoms with E-state index in [9.17, 15) is 9.59 Å². The summed E-state index contributed by atoms with van der Waals surface area (Å²) in [6, 6.07) is 4.67. The van der Waals surface area contributed by atoms with E-state index < -0.39 is 11.6 Å². The van der Waals surface area contributed by atoms with E-state index in [4.69, 9.17) is 9.47 Å². The number of hydrogen-bond acceptors (Lipinski definition) is 6. The Morgan fingerprint density at radius 1 is 1.17 bits per heavy atom. The standard InChI is InChI=1S/C12H7NO4S/c14-10(11(15)12-13-3-4-18-12)7-1-2-8-9(5-7)17-6-16-8/h1-5H,6H2. The average molecular weight is 261 g/mol. The molecular formula is C12H7NO4S. The first kappa shape index (κ1) is 10.9. The van der Waals surface area contributed by atoms with Crippen LogP contribution >= 0.6 is 11.3 Å². The van der Waals surface area contributed by atoms with Crippen molar-refractivity contribution in [2.24, 2.45) is 0 Å². The van der Waals surface area contributed by atoms with Crippen LogP contribution in [-0.2, 0) is 0 Å². The van der Waals surface area contributed by atoms with E-state index in [0.717, 1.165) is 11.3 Å². The molecule has 0 unspecified atom stereocenters. The van der Waals surface area contributed by atoms with Crippen LogP contribution < -0.4 is 9.47 Å². The van der Waals surface area contributed by atoms with Gasteiger partial charge >= 0.3 is 0 Å². The number of rotatable bonds is 3. The van der Waals surface area contributed by atoms with Crippen LogP contribution in [0.2, 0.25) is 0 Å². The van der Waals surface area contributed by atoms with Gasteiger partial charge in [-0.15, -0.1) is 11.3 Å². The molecule has 0 saturated carbocycles. The van der Waals surface area contributed by atoms with Crippen LogP contribution in [0.25, 0.3) is 0 Å². The number of carbonyl (C=O) groups is 2. The molecule has 0 saturated heterocycles. The first-order valence-corrected chi connectivity index (χ1v) is 6.02. The van der Waals surface area contributed by atoms with E-state index in [1.54, 1.807) is 17.5 Å². The lowest BCUT2D eigenvalue weighted by molar-refractivity contribution is 0.0816. The van der Waals surface area contributed by atoms with Crippen LogP contribution in [-0.4, -0.2) is 23.3 Å². The molecular weight excluding hydrogens is 254 g/mol. The number of carbonyl (C=O) groups excluding carboxylic acids is 2. The van der Waals surface area contributed by atoms with Crippen molar-refractivity contribution in [1.29, 1.82) is 0 Å². The minimum atomic E-state index is -0.608. The van der Waals surface area contributed by atoms with E-state index in [2.05, 4.69) is 4.98 Å². The topological polar surface area (TPSA) is 65.5 Å². The minimum absolute atomic E-state index is 0.132. The minimum Gasteiger partial charge on any atom is -0.454 e. The van der Waals surface area contributed by atoms with Crippen molar-refractivity contribution < 1.29 is 19.1 Å². The molecule has 3 rings (SSSR count). The Hall–Kier alpha value is -2.21. The normalized spacial score (nSPS) is 12.4. The number of aromatic nitrogens is 1. The molecule has 1 aromatic heterocycles. The Bertz CT molecular complexity index is 621. The second-order valence-corrected chi connectivity index (χ2v) is 4.46. The highest BCUT2D eigenvalue weighted by Crippen LogP contribution is 2.32. The van der Waals surface area contributed by atoms with Gasteiger partial charge in [0.2, 0.25) is 12.6 Å². The van der Waals surface area contributed by atoms with Crippen molar-refractivity contribution in [2.75, 3.05) is 6.79 Å². The van der Waals surface area contributed by atoms with Gasteiger partial charge in [0.25, 0.3) is 5.78 Å². The zero-order valence-electron chi connectivity index (χ0n) is 9.08. The second kappa shape index (κ2) is 4.23. The Balaban J connectivity index is 1.91. The van der Waals surface area contributed by atoms with Gasteiger partial charge in [0.1, 0.15) is 0 Å². The van der Waals surface area contributed by atoms with Gasteiger partial charge in [0.05, 0.1) is 0 Å². The zero-order chi connectivity index (χ0) is 12.5. The van der Waals surface area contributed by atoms with Crippen LogP contribution in [0, 0.1) is 0 Å². The summed E-state index contributed by atoms with van der Waals surface area (Å²) in [5.74, 6) is -0.145. The van der Waals surface area contributed by atoms with Gasteiger partial charge in [0.15, 0.2) is 16.5 Å². The molecule has 0 radical (unpaired) electrons. The van der Waals surface area contributed by atoms with Crippen molar-refractivity contribution in [1.82, 2.24) is 4.98 Å². The van der Waals surface area contributed by atoms with E-state index in [1.165, 1.54) is 12.3 Å². The highest BCUT2D eigenvalue weighted by atomic mass is 32.1. The number of hydrogen-bond donors (Lipinski definition) is 0. The van der Waals surface area contributed by atoms with E-state index >= 15 is 0 Å². The van der Waals surface area contributed by atoms with Crippen molar-refractivity contribution in [3.8, 4) is 11.5 Å². The second-order valence-electron chi connectivity index (χ2n) is 3.56. The maximum absolute atomic E-state index is 12.0. The number of thiazole rings is 1. The Morgan fingerprint density at radius 3 is 2.78 bits per heavy atom. The molecule has 90 valence electrons. The monoisotopic (exact) mass is 261 g/mol. The summed E-state index contributed by atoms with van der Waals surface area (Å²) in [5.41, 5.74) is 0.277. The van der Waals surface area contributed by atoms with Gasteiger partial charge in [-0.25, -0.2) is 4.98 Å². The molecule has 0 atom stereocenters. The lowest BCUT2D eigenvalue weighted by Crippen LogP contribution is -2.14. The summed E-state index contributed by atoms with van der Waals surface area (Å²) in [6.45, 7) is 0.132. The summed E-state index contributed by atoms with van der Waals surface area (Å²) < 4.78 is 10.3. The van der Waals surface area contributed by atoms with Crippen LogP contribution in [0.5, 0.6) is 11.5 Å². The van der Waals surface area contributed by atoms with E-state index in [-0.39, 0.29) is 17.4 Å². The lowest BCUT2D eigenvalue weighted by Gasteiger charge is -2.00. The predicted molar refractivity (Wildman–Crippen MR) is 63.3 cm³/mol. The third-order valence-corrected chi connectivity index (χ3v) is 3.24. The lowest BCUT2D eigenvalue weighted by atomic mass is 10.1. The van der Waals surface area contributed by atoms with Crippen molar-refractivity contribution in [3.63, 3.8) is 0 Å². The number of Topliss-reactive ketones (excluding diaryl/α,β-unsaturated/α-hetero) is 2. The fourth-order valence-electron chi connectivity index (χ4n) is 1.60. The van der Waals surface area contributed by atoms with Gasteiger partial charge in [-0.1, -0.05) is 0 Å². The number of nitrogens with zero attached hydrogens (tertiary/aromatic N) is 1. The molecule has 0 aliphatic carbocycles. The molecule has 5 nitrogen and oxygen atoms in total. The quantitative estimate of drug-likeness (QED) is 0.624. The Labute approximate surface area is 106 Å². The number of ketones is 2. The maximum atomic E-state index is 12.0. The number of benzene rings is 1. The molecule has 0 N–H and O–H groups in total. The average Bonchev–Trinajstić information content (AvgIpc) is 3.06. The number of ether oxygens (including phenoxy) is 2. The molecule has 1 aromatic carbocycles. The first-order valence-electron chi connectivity index (χ1n) is 5.14. The zero-order valence-corrected chi connectivity index (χ0v) is 9.90. The van der Waals surface area contributed by atoms with E-state index in [0.29, 0.717) is 11.5 Å². The molecule has 0 fully saturated rings. The van der Waals surface area contributed by atoms with Gasteiger partial charge in [0, 0.05) is 17.1 Å². The van der Waals surface area contributed by atoms with E-state index in [1.807, 2.05) is 0 Å². The molecule has 0 bridgehead atoms. The molecule has 18 heavy (non-hydrogen) atoms. The molecule has 1 aliphatic rings. The van der Waals surface area contributed by atoms with Gasteiger partial charge in [-0.3, -0.25) is 9.59 Å². The van der Waals surface area contributed by atoms with Gasteiger partial charge in [-0.05, 0) is 18.2 Å². The first-order chi connectivity index (χ1) is 8.75. The SMILES string of the molecule is O=C(C(=O)c1nccs1)c1ccc2c(c1)OCO2. The summed E-state index contributed by atoms with van der Waals surface area (Å²) >= 11 is 1.14. The molecule has 0 spiro atoms. The Kier molecular flexibility index (Phi) is 2.56. The van der Waals surface area contributed by atoms with Crippen LogP contribution in [0.3, 0.4) is 0 Å². The summed E-state index contributed by atoms with van der Waals surface area (Å²) in [7, 11) is 0. The number of fused-ring (bicyclic) bond motifs is 1. The fraction of sp³-hybridized carbons (Fsp3) is 0.0833.